The van der Waals surface area contributed by atoms with E-state index < -0.39 is 6.04 Å². The van der Waals surface area contributed by atoms with Gasteiger partial charge in [-0.2, -0.15) is 0 Å². The number of hydrogen-bond acceptors (Lipinski definition) is 3. The van der Waals surface area contributed by atoms with Crippen LogP contribution in [0.5, 0.6) is 0 Å². The number of anilines is 3. The van der Waals surface area contributed by atoms with Gasteiger partial charge in [0, 0.05) is 29.2 Å². The molecule has 1 aliphatic rings. The highest BCUT2D eigenvalue weighted by atomic mass is 16.2. The minimum absolute atomic E-state index is 0.0920. The summed E-state index contributed by atoms with van der Waals surface area (Å²) < 4.78 is 0. The first kappa shape index (κ1) is 18.7. The Kier molecular flexibility index (Phi) is 5.56. The van der Waals surface area contributed by atoms with Crippen molar-refractivity contribution in [1.82, 2.24) is 4.90 Å². The first-order chi connectivity index (χ1) is 14.2. The van der Waals surface area contributed by atoms with Crippen molar-refractivity contribution in [3.05, 3.63) is 90.5 Å². The van der Waals surface area contributed by atoms with E-state index in [0.29, 0.717) is 24.2 Å². The topological polar surface area (TPSA) is 61.4 Å². The lowest BCUT2D eigenvalue weighted by Gasteiger charge is -2.24. The zero-order valence-corrected chi connectivity index (χ0v) is 16.0. The van der Waals surface area contributed by atoms with E-state index >= 15 is 0 Å². The van der Waals surface area contributed by atoms with Gasteiger partial charge in [-0.3, -0.25) is 9.59 Å². The van der Waals surface area contributed by atoms with Crippen molar-refractivity contribution < 1.29 is 9.59 Å². The van der Waals surface area contributed by atoms with Gasteiger partial charge < -0.3 is 15.5 Å². The fourth-order valence-electron chi connectivity index (χ4n) is 3.58. The highest BCUT2D eigenvalue weighted by molar-refractivity contribution is 6.01. The molecule has 146 valence electrons. The van der Waals surface area contributed by atoms with E-state index in [2.05, 4.69) is 10.6 Å². The minimum Gasteiger partial charge on any atom is -0.356 e. The van der Waals surface area contributed by atoms with E-state index in [9.17, 15) is 9.59 Å². The Morgan fingerprint density at radius 3 is 2.03 bits per heavy atom. The number of carbonyl (C=O) groups excluding carboxylic acids is 2. The summed E-state index contributed by atoms with van der Waals surface area (Å²) >= 11 is 0. The van der Waals surface area contributed by atoms with Crippen LogP contribution in [0.1, 0.15) is 23.2 Å². The van der Waals surface area contributed by atoms with E-state index in [1.807, 2.05) is 72.8 Å². The molecular weight excluding hydrogens is 362 g/mol. The Balaban J connectivity index is 1.40. The van der Waals surface area contributed by atoms with Crippen LogP contribution in [0.2, 0.25) is 0 Å². The first-order valence-electron chi connectivity index (χ1n) is 9.80. The monoisotopic (exact) mass is 385 g/mol. The van der Waals surface area contributed by atoms with E-state index in [-0.39, 0.29) is 11.8 Å². The summed E-state index contributed by atoms with van der Waals surface area (Å²) in [5.41, 5.74) is 3.28. The van der Waals surface area contributed by atoms with Crippen LogP contribution in [-0.2, 0) is 4.79 Å². The van der Waals surface area contributed by atoms with Crippen molar-refractivity contribution in [2.24, 2.45) is 0 Å². The third-order valence-electron chi connectivity index (χ3n) is 5.05. The average molecular weight is 385 g/mol. The third kappa shape index (κ3) is 4.46. The highest BCUT2D eigenvalue weighted by Gasteiger charge is 2.34. The van der Waals surface area contributed by atoms with Crippen LogP contribution in [0.15, 0.2) is 84.9 Å². The smallest absolute Gasteiger partial charge is 0.254 e. The van der Waals surface area contributed by atoms with Crippen molar-refractivity contribution >= 4 is 28.9 Å². The average Bonchev–Trinajstić information content (AvgIpc) is 3.26. The fraction of sp³-hybridized carbons (Fsp3) is 0.167. The summed E-state index contributed by atoms with van der Waals surface area (Å²) in [5, 5.41) is 6.26. The predicted octanol–water partition coefficient (Wildman–Crippen LogP) is 4.67. The second-order valence-corrected chi connectivity index (χ2v) is 7.08. The SMILES string of the molecule is O=C(Nc1ccc(Nc2ccccc2)cc1)C1CCCN1C(=O)c1ccccc1. The molecule has 5 heteroatoms. The molecule has 1 unspecified atom stereocenters. The summed E-state index contributed by atoms with van der Waals surface area (Å²) in [6.07, 6.45) is 1.51. The van der Waals surface area contributed by atoms with Crippen molar-refractivity contribution in [3.63, 3.8) is 0 Å². The zero-order valence-electron chi connectivity index (χ0n) is 16.0. The van der Waals surface area contributed by atoms with Gasteiger partial charge in [0.1, 0.15) is 6.04 Å². The maximum atomic E-state index is 12.8. The number of nitrogens with one attached hydrogen (secondary N) is 2. The fourth-order valence-corrected chi connectivity index (χ4v) is 3.58. The predicted molar refractivity (Wildman–Crippen MR) is 115 cm³/mol. The minimum atomic E-state index is -0.440. The Morgan fingerprint density at radius 2 is 1.34 bits per heavy atom. The molecule has 2 amide bonds. The van der Waals surface area contributed by atoms with Gasteiger partial charge in [0.25, 0.3) is 5.91 Å². The number of carbonyl (C=O) groups is 2. The summed E-state index contributed by atoms with van der Waals surface area (Å²) in [5.74, 6) is -0.235. The van der Waals surface area contributed by atoms with E-state index in [4.69, 9.17) is 0 Å². The largest absolute Gasteiger partial charge is 0.356 e. The van der Waals surface area contributed by atoms with Crippen LogP contribution >= 0.6 is 0 Å². The van der Waals surface area contributed by atoms with Crippen LogP contribution in [0.3, 0.4) is 0 Å². The van der Waals surface area contributed by atoms with Gasteiger partial charge in [-0.05, 0) is 61.4 Å². The number of nitrogens with zero attached hydrogens (tertiary/aromatic N) is 1. The van der Waals surface area contributed by atoms with Gasteiger partial charge in [-0.25, -0.2) is 0 Å². The van der Waals surface area contributed by atoms with Gasteiger partial charge in [0.2, 0.25) is 5.91 Å². The molecule has 2 N–H and O–H groups in total. The summed E-state index contributed by atoms with van der Waals surface area (Å²) in [4.78, 5) is 27.3. The Labute approximate surface area is 170 Å². The maximum absolute atomic E-state index is 12.8. The van der Waals surface area contributed by atoms with Crippen LogP contribution in [0.25, 0.3) is 0 Å². The van der Waals surface area contributed by atoms with Crippen LogP contribution in [-0.4, -0.2) is 29.3 Å². The molecule has 0 aliphatic carbocycles. The van der Waals surface area contributed by atoms with Crippen molar-refractivity contribution in [1.29, 1.82) is 0 Å². The molecule has 1 aliphatic heterocycles. The quantitative estimate of drug-likeness (QED) is 0.671. The van der Waals surface area contributed by atoms with Crippen LogP contribution < -0.4 is 10.6 Å². The molecule has 5 nitrogen and oxygen atoms in total. The second-order valence-electron chi connectivity index (χ2n) is 7.08. The number of amides is 2. The number of benzene rings is 3. The van der Waals surface area contributed by atoms with Gasteiger partial charge in [0.15, 0.2) is 0 Å². The molecule has 1 fully saturated rings. The first-order valence-corrected chi connectivity index (χ1v) is 9.80. The second kappa shape index (κ2) is 8.61. The van der Waals surface area contributed by atoms with Crippen molar-refractivity contribution in [2.45, 2.75) is 18.9 Å². The molecule has 4 rings (SSSR count). The Bertz CT molecular complexity index is 972. The molecule has 29 heavy (non-hydrogen) atoms. The van der Waals surface area contributed by atoms with E-state index in [1.165, 1.54) is 0 Å². The lowest BCUT2D eigenvalue weighted by molar-refractivity contribution is -0.119. The van der Waals surface area contributed by atoms with Gasteiger partial charge >= 0.3 is 0 Å². The standard InChI is InChI=1S/C24H23N3O2/c28-23(22-12-7-17-27(22)24(29)18-8-3-1-4-9-18)26-21-15-13-20(14-16-21)25-19-10-5-2-6-11-19/h1-6,8-11,13-16,22,25H,7,12,17H2,(H,26,28). The number of hydrogen-bond donors (Lipinski definition) is 2. The third-order valence-corrected chi connectivity index (χ3v) is 5.05. The molecule has 0 spiro atoms. The zero-order chi connectivity index (χ0) is 20.1. The summed E-state index contributed by atoms with van der Waals surface area (Å²) in [6.45, 7) is 0.603. The number of rotatable bonds is 5. The molecule has 0 radical (unpaired) electrons. The molecule has 1 saturated heterocycles. The van der Waals surface area contributed by atoms with Crippen LogP contribution in [0.4, 0.5) is 17.1 Å². The Hall–Kier alpha value is -3.60. The normalized spacial score (nSPS) is 15.7. The van der Waals surface area contributed by atoms with Crippen molar-refractivity contribution in [3.8, 4) is 0 Å². The summed E-state index contributed by atoms with van der Waals surface area (Å²) in [6, 6.07) is 26.2. The van der Waals surface area contributed by atoms with Crippen molar-refractivity contribution in [2.75, 3.05) is 17.2 Å². The molecule has 0 saturated carbocycles. The van der Waals surface area contributed by atoms with Gasteiger partial charge in [0.05, 0.1) is 0 Å². The molecule has 3 aromatic rings. The Morgan fingerprint density at radius 1 is 0.759 bits per heavy atom. The molecular formula is C24H23N3O2. The van der Waals surface area contributed by atoms with Gasteiger partial charge in [-0.1, -0.05) is 36.4 Å². The molecule has 0 aromatic heterocycles. The number of likely N-dealkylation sites (tertiary alicyclic amines) is 1. The lowest BCUT2D eigenvalue weighted by Crippen LogP contribution is -2.43. The number of para-hydroxylation sites is 1. The maximum Gasteiger partial charge on any atom is 0.254 e. The summed E-state index contributed by atoms with van der Waals surface area (Å²) in [7, 11) is 0. The van der Waals surface area contributed by atoms with E-state index in [1.54, 1.807) is 17.0 Å². The highest BCUT2D eigenvalue weighted by Crippen LogP contribution is 2.23. The lowest BCUT2D eigenvalue weighted by atomic mass is 10.1. The van der Waals surface area contributed by atoms with Crippen LogP contribution in [0, 0.1) is 0 Å². The molecule has 1 atom stereocenters. The van der Waals surface area contributed by atoms with Gasteiger partial charge in [-0.15, -0.1) is 0 Å². The molecule has 3 aromatic carbocycles. The molecule has 0 bridgehead atoms. The van der Waals surface area contributed by atoms with E-state index in [0.717, 1.165) is 17.8 Å². The molecule has 1 heterocycles.